The normalized spacial score (nSPS) is 18.6. The predicted molar refractivity (Wildman–Crippen MR) is 84.9 cm³/mol. The molecule has 0 aromatic heterocycles. The molecule has 2 nitrogen and oxygen atoms in total. The van der Waals surface area contributed by atoms with Crippen LogP contribution in [0.4, 0.5) is 0 Å². The van der Waals surface area contributed by atoms with Crippen LogP contribution in [-0.2, 0) is 6.54 Å². The van der Waals surface area contributed by atoms with Crippen molar-refractivity contribution in [3.8, 4) is 0 Å². The highest BCUT2D eigenvalue weighted by atomic mass is 16.3. The lowest BCUT2D eigenvalue weighted by molar-refractivity contribution is 0.134. The van der Waals surface area contributed by atoms with Gasteiger partial charge in [0.05, 0.1) is 12.1 Å². The van der Waals surface area contributed by atoms with Crippen molar-refractivity contribution in [2.75, 3.05) is 0 Å². The second-order valence-corrected chi connectivity index (χ2v) is 5.61. The summed E-state index contributed by atoms with van der Waals surface area (Å²) in [6.07, 6.45) is -0.529. The molecule has 3 aromatic carbocycles. The molecule has 0 fully saturated rings. The molecule has 0 radical (unpaired) electrons. The Hall–Kier alpha value is -2.16. The number of hydrogen-bond donors (Lipinski definition) is 2. The summed E-state index contributed by atoms with van der Waals surface area (Å²) in [7, 11) is 0. The standard InChI is InChI=1S/C19H17NO/c21-19(18-17-8-4-3-7-16(17)12-20-18)15-10-9-13-5-1-2-6-14(13)11-15/h1-11,18-21H,12H2. The molecule has 0 bridgehead atoms. The molecule has 0 aliphatic carbocycles. The number of fused-ring (bicyclic) bond motifs is 2. The Balaban J connectivity index is 1.72. The number of nitrogens with one attached hydrogen (secondary N) is 1. The van der Waals surface area contributed by atoms with E-state index in [4.69, 9.17) is 0 Å². The topological polar surface area (TPSA) is 32.3 Å². The second-order valence-electron chi connectivity index (χ2n) is 5.61. The van der Waals surface area contributed by atoms with Gasteiger partial charge in [-0.1, -0.05) is 60.7 Å². The van der Waals surface area contributed by atoms with Crippen LogP contribution in [0.1, 0.15) is 28.8 Å². The quantitative estimate of drug-likeness (QED) is 0.747. The Morgan fingerprint density at radius 3 is 2.57 bits per heavy atom. The molecule has 1 heterocycles. The van der Waals surface area contributed by atoms with Gasteiger partial charge >= 0.3 is 0 Å². The first-order chi connectivity index (χ1) is 10.3. The summed E-state index contributed by atoms with van der Waals surface area (Å²) in [4.78, 5) is 0. The largest absolute Gasteiger partial charge is 0.386 e. The van der Waals surface area contributed by atoms with Crippen molar-refractivity contribution in [1.82, 2.24) is 5.32 Å². The van der Waals surface area contributed by atoms with Crippen molar-refractivity contribution in [2.45, 2.75) is 18.7 Å². The molecule has 1 aliphatic rings. The zero-order chi connectivity index (χ0) is 14.2. The van der Waals surface area contributed by atoms with Crippen LogP contribution in [-0.4, -0.2) is 5.11 Å². The Labute approximate surface area is 124 Å². The number of aliphatic hydroxyl groups excluding tert-OH is 1. The van der Waals surface area contributed by atoms with Gasteiger partial charge in [-0.2, -0.15) is 0 Å². The fourth-order valence-electron chi connectivity index (χ4n) is 3.19. The summed E-state index contributed by atoms with van der Waals surface area (Å²) in [5.41, 5.74) is 3.45. The lowest BCUT2D eigenvalue weighted by atomic mass is 9.94. The van der Waals surface area contributed by atoms with Gasteiger partial charge in [0.1, 0.15) is 0 Å². The molecule has 104 valence electrons. The summed E-state index contributed by atoms with van der Waals surface area (Å²) in [5.74, 6) is 0. The molecule has 0 saturated heterocycles. The monoisotopic (exact) mass is 275 g/mol. The van der Waals surface area contributed by atoms with Crippen molar-refractivity contribution in [3.63, 3.8) is 0 Å². The highest BCUT2D eigenvalue weighted by Gasteiger charge is 2.28. The molecule has 4 rings (SSSR count). The lowest BCUT2D eigenvalue weighted by Gasteiger charge is -2.20. The first-order valence-electron chi connectivity index (χ1n) is 7.31. The van der Waals surface area contributed by atoms with Gasteiger partial charge in [-0.15, -0.1) is 0 Å². The third-order valence-electron chi connectivity index (χ3n) is 4.33. The minimum atomic E-state index is -0.529. The maximum Gasteiger partial charge on any atom is 0.0985 e. The third-order valence-corrected chi connectivity index (χ3v) is 4.33. The molecule has 0 amide bonds. The molecule has 0 spiro atoms. The van der Waals surface area contributed by atoms with Gasteiger partial charge < -0.3 is 10.4 Å². The van der Waals surface area contributed by atoms with Gasteiger partial charge in [0.2, 0.25) is 0 Å². The van der Waals surface area contributed by atoms with E-state index in [9.17, 15) is 5.11 Å². The van der Waals surface area contributed by atoms with E-state index in [1.54, 1.807) is 0 Å². The van der Waals surface area contributed by atoms with Crippen LogP contribution in [0.2, 0.25) is 0 Å². The van der Waals surface area contributed by atoms with Crippen molar-refractivity contribution >= 4 is 10.8 Å². The zero-order valence-electron chi connectivity index (χ0n) is 11.7. The molecule has 21 heavy (non-hydrogen) atoms. The smallest absolute Gasteiger partial charge is 0.0985 e. The average Bonchev–Trinajstić information content (AvgIpc) is 2.98. The Morgan fingerprint density at radius 1 is 0.905 bits per heavy atom. The first kappa shape index (κ1) is 12.6. The Morgan fingerprint density at radius 2 is 1.67 bits per heavy atom. The highest BCUT2D eigenvalue weighted by molar-refractivity contribution is 5.83. The summed E-state index contributed by atoms with van der Waals surface area (Å²) in [6.45, 7) is 0.825. The maximum absolute atomic E-state index is 10.8. The van der Waals surface area contributed by atoms with Crippen LogP contribution in [0, 0.1) is 0 Å². The number of benzene rings is 3. The van der Waals surface area contributed by atoms with Gasteiger partial charge in [-0.05, 0) is 33.5 Å². The van der Waals surface area contributed by atoms with Gasteiger partial charge in [0, 0.05) is 6.54 Å². The van der Waals surface area contributed by atoms with E-state index in [0.717, 1.165) is 12.1 Å². The van der Waals surface area contributed by atoms with E-state index in [2.05, 4.69) is 41.7 Å². The molecule has 2 heteroatoms. The van der Waals surface area contributed by atoms with E-state index >= 15 is 0 Å². The van der Waals surface area contributed by atoms with Crippen LogP contribution in [0.3, 0.4) is 0 Å². The van der Waals surface area contributed by atoms with E-state index in [-0.39, 0.29) is 6.04 Å². The van der Waals surface area contributed by atoms with Crippen LogP contribution in [0.15, 0.2) is 66.7 Å². The van der Waals surface area contributed by atoms with Crippen LogP contribution < -0.4 is 5.32 Å². The van der Waals surface area contributed by atoms with E-state index < -0.39 is 6.10 Å². The predicted octanol–water partition coefficient (Wildman–Crippen LogP) is 3.72. The minimum absolute atomic E-state index is 0.0256. The van der Waals surface area contributed by atoms with Crippen molar-refractivity contribution in [3.05, 3.63) is 83.4 Å². The highest BCUT2D eigenvalue weighted by Crippen LogP contribution is 2.35. The minimum Gasteiger partial charge on any atom is -0.386 e. The summed E-state index contributed by atoms with van der Waals surface area (Å²) >= 11 is 0. The van der Waals surface area contributed by atoms with E-state index in [1.807, 2.05) is 30.3 Å². The lowest BCUT2D eigenvalue weighted by Crippen LogP contribution is -2.20. The molecule has 1 aliphatic heterocycles. The Bertz CT molecular complexity index is 796. The summed E-state index contributed by atoms with van der Waals surface area (Å²) < 4.78 is 0. The van der Waals surface area contributed by atoms with Crippen molar-refractivity contribution in [2.24, 2.45) is 0 Å². The summed E-state index contributed by atoms with van der Waals surface area (Å²) in [6, 6.07) is 22.7. The molecule has 0 saturated carbocycles. The molecular weight excluding hydrogens is 258 g/mol. The average molecular weight is 275 g/mol. The van der Waals surface area contributed by atoms with E-state index in [1.165, 1.54) is 21.9 Å². The number of hydrogen-bond acceptors (Lipinski definition) is 2. The third kappa shape index (κ3) is 2.13. The van der Waals surface area contributed by atoms with Gasteiger partial charge in [-0.25, -0.2) is 0 Å². The molecule has 3 aromatic rings. The zero-order valence-corrected chi connectivity index (χ0v) is 11.7. The number of rotatable bonds is 2. The van der Waals surface area contributed by atoms with Crippen molar-refractivity contribution in [1.29, 1.82) is 0 Å². The van der Waals surface area contributed by atoms with Crippen molar-refractivity contribution < 1.29 is 5.11 Å². The number of aliphatic hydroxyl groups is 1. The molecular formula is C19H17NO. The molecule has 2 unspecified atom stereocenters. The maximum atomic E-state index is 10.8. The van der Waals surface area contributed by atoms with Gasteiger partial charge in [0.25, 0.3) is 0 Å². The fraction of sp³-hybridized carbons (Fsp3) is 0.158. The van der Waals surface area contributed by atoms with Crippen LogP contribution >= 0.6 is 0 Å². The van der Waals surface area contributed by atoms with Gasteiger partial charge in [0.15, 0.2) is 0 Å². The van der Waals surface area contributed by atoms with Crippen LogP contribution in [0.25, 0.3) is 10.8 Å². The van der Waals surface area contributed by atoms with Crippen LogP contribution in [0.5, 0.6) is 0 Å². The second kappa shape index (κ2) is 4.99. The molecule has 2 atom stereocenters. The Kier molecular flexibility index (Phi) is 2.99. The fourth-order valence-corrected chi connectivity index (χ4v) is 3.19. The van der Waals surface area contributed by atoms with Gasteiger partial charge in [-0.3, -0.25) is 0 Å². The van der Waals surface area contributed by atoms with E-state index in [0.29, 0.717) is 0 Å². The molecule has 2 N–H and O–H groups in total. The summed E-state index contributed by atoms with van der Waals surface area (Å²) in [5, 5.41) is 16.6. The SMILES string of the molecule is OC(c1ccc2ccccc2c1)C1NCc2ccccc21. The first-order valence-corrected chi connectivity index (χ1v) is 7.31.